The van der Waals surface area contributed by atoms with Crippen LogP contribution in [0, 0.1) is 0 Å². The van der Waals surface area contributed by atoms with Crippen molar-refractivity contribution >= 4 is 28.3 Å². The van der Waals surface area contributed by atoms with Gasteiger partial charge in [0.1, 0.15) is 17.2 Å². The van der Waals surface area contributed by atoms with E-state index in [1.807, 2.05) is 91.0 Å². The molecule has 5 heteroatoms. The standard InChI is InChI=1S/C19H16IO3P/c20-24-19(21-16-10-4-1-5-11-16,22-17-12-6-2-7-13-17)23-18-14-8-3-9-15-18/h1-15,24H. The summed E-state index contributed by atoms with van der Waals surface area (Å²) in [6.45, 7) is 0. The van der Waals surface area contributed by atoms with Gasteiger partial charge in [-0.05, 0) is 58.4 Å². The number of hydrogen-bond acceptors (Lipinski definition) is 3. The van der Waals surface area contributed by atoms with E-state index >= 15 is 0 Å². The monoisotopic (exact) mass is 450 g/mol. The number of benzene rings is 3. The smallest absolute Gasteiger partial charge is 0.417 e. The average molecular weight is 450 g/mol. The van der Waals surface area contributed by atoms with Gasteiger partial charge in [0.2, 0.25) is 0 Å². The Hall–Kier alpha value is -1.78. The Balaban J connectivity index is 1.91. The minimum absolute atomic E-state index is 0.199. The molecule has 3 aromatic rings. The Morgan fingerprint density at radius 3 is 1.08 bits per heavy atom. The minimum atomic E-state index is -1.23. The molecule has 1 atom stereocenters. The molecule has 24 heavy (non-hydrogen) atoms. The summed E-state index contributed by atoms with van der Waals surface area (Å²) in [4.78, 5) is 0. The molecule has 3 aromatic carbocycles. The van der Waals surface area contributed by atoms with Crippen molar-refractivity contribution in [1.82, 2.24) is 0 Å². The highest BCUT2D eigenvalue weighted by molar-refractivity contribution is 14.2. The highest BCUT2D eigenvalue weighted by atomic mass is 127. The van der Waals surface area contributed by atoms with Crippen LogP contribution >= 0.6 is 28.3 Å². The van der Waals surface area contributed by atoms with Gasteiger partial charge in [0.05, 0.1) is 6.22 Å². The van der Waals surface area contributed by atoms with E-state index in [9.17, 15) is 0 Å². The molecule has 0 aliphatic rings. The molecule has 1 unspecified atom stereocenters. The summed E-state index contributed by atoms with van der Waals surface area (Å²) in [6.07, 6.45) is 0.199. The first-order chi connectivity index (χ1) is 11.8. The Morgan fingerprint density at radius 1 is 0.542 bits per heavy atom. The van der Waals surface area contributed by atoms with Crippen LogP contribution in [-0.2, 0) is 0 Å². The second-order valence-corrected chi connectivity index (χ2v) is 7.32. The predicted molar refractivity (Wildman–Crippen MR) is 106 cm³/mol. The van der Waals surface area contributed by atoms with Gasteiger partial charge in [-0.15, -0.1) is 0 Å². The molecular weight excluding hydrogens is 434 g/mol. The fraction of sp³-hybridized carbons (Fsp3) is 0.0526. The minimum Gasteiger partial charge on any atom is -0.417 e. The normalized spacial score (nSPS) is 11.4. The van der Waals surface area contributed by atoms with E-state index in [0.29, 0.717) is 17.2 Å². The van der Waals surface area contributed by atoms with Crippen LogP contribution in [0.3, 0.4) is 0 Å². The average Bonchev–Trinajstić information content (AvgIpc) is 2.64. The molecule has 0 aliphatic carbocycles. The lowest BCUT2D eigenvalue weighted by molar-refractivity contribution is -0.176. The molecule has 0 N–H and O–H groups in total. The maximum atomic E-state index is 6.12. The van der Waals surface area contributed by atoms with Gasteiger partial charge in [-0.3, -0.25) is 0 Å². The molecule has 122 valence electrons. The zero-order chi connectivity index (χ0) is 16.7. The van der Waals surface area contributed by atoms with Gasteiger partial charge >= 0.3 is 5.71 Å². The summed E-state index contributed by atoms with van der Waals surface area (Å²) in [5.74, 6) is 2.07. The Labute approximate surface area is 156 Å². The summed E-state index contributed by atoms with van der Waals surface area (Å²) < 4.78 is 18.4. The van der Waals surface area contributed by atoms with Crippen molar-refractivity contribution in [3.8, 4) is 17.2 Å². The van der Waals surface area contributed by atoms with Crippen molar-refractivity contribution in [2.75, 3.05) is 0 Å². The molecule has 0 amide bonds. The van der Waals surface area contributed by atoms with Crippen LogP contribution in [0.4, 0.5) is 0 Å². The molecule has 0 radical (unpaired) electrons. The lowest BCUT2D eigenvalue weighted by Crippen LogP contribution is -2.43. The third-order valence-electron chi connectivity index (χ3n) is 3.10. The van der Waals surface area contributed by atoms with Crippen LogP contribution in [0.5, 0.6) is 17.2 Å². The van der Waals surface area contributed by atoms with Gasteiger partial charge in [-0.2, -0.15) is 0 Å². The summed E-state index contributed by atoms with van der Waals surface area (Å²) in [6, 6.07) is 28.6. The Bertz CT molecular complexity index is 637. The summed E-state index contributed by atoms with van der Waals surface area (Å²) >= 11 is 2.24. The molecular formula is C19H16IO3P. The van der Waals surface area contributed by atoms with Crippen LogP contribution in [0.15, 0.2) is 91.0 Å². The van der Waals surface area contributed by atoms with Crippen LogP contribution in [-0.4, -0.2) is 5.71 Å². The van der Waals surface area contributed by atoms with E-state index in [-0.39, 0.29) is 6.22 Å². The molecule has 0 saturated carbocycles. The van der Waals surface area contributed by atoms with Crippen molar-refractivity contribution in [3.05, 3.63) is 91.0 Å². The molecule has 0 aromatic heterocycles. The third kappa shape index (κ3) is 4.62. The van der Waals surface area contributed by atoms with Crippen LogP contribution < -0.4 is 14.2 Å². The van der Waals surface area contributed by atoms with Gasteiger partial charge < -0.3 is 14.2 Å². The van der Waals surface area contributed by atoms with Crippen LogP contribution in [0.2, 0.25) is 0 Å². The lowest BCUT2D eigenvalue weighted by atomic mass is 10.3. The summed E-state index contributed by atoms with van der Waals surface area (Å²) in [7, 11) is 0. The second kappa shape index (κ2) is 8.36. The summed E-state index contributed by atoms with van der Waals surface area (Å²) in [5, 5.41) is 0. The maximum absolute atomic E-state index is 6.12. The first-order valence-electron chi connectivity index (χ1n) is 7.40. The quantitative estimate of drug-likeness (QED) is 0.256. The van der Waals surface area contributed by atoms with Crippen molar-refractivity contribution < 1.29 is 14.2 Å². The number of rotatable bonds is 7. The highest BCUT2D eigenvalue weighted by Gasteiger charge is 2.38. The number of ether oxygens (including phenoxy) is 3. The second-order valence-electron chi connectivity index (χ2n) is 4.90. The van der Waals surface area contributed by atoms with E-state index in [1.165, 1.54) is 0 Å². The number of hydrogen-bond donors (Lipinski definition) is 0. The molecule has 3 rings (SSSR count). The van der Waals surface area contributed by atoms with Crippen molar-refractivity contribution in [2.24, 2.45) is 0 Å². The lowest BCUT2D eigenvalue weighted by Gasteiger charge is -2.32. The topological polar surface area (TPSA) is 27.7 Å². The van der Waals surface area contributed by atoms with E-state index in [2.05, 4.69) is 22.0 Å². The van der Waals surface area contributed by atoms with Gasteiger partial charge in [0.25, 0.3) is 0 Å². The molecule has 3 nitrogen and oxygen atoms in total. The fourth-order valence-corrected chi connectivity index (χ4v) is 3.51. The van der Waals surface area contributed by atoms with E-state index in [4.69, 9.17) is 14.2 Å². The Morgan fingerprint density at radius 2 is 0.833 bits per heavy atom. The SMILES string of the molecule is IPC(Oc1ccccc1)(Oc1ccccc1)Oc1ccccc1. The van der Waals surface area contributed by atoms with Gasteiger partial charge in [-0.1, -0.05) is 54.6 Å². The molecule has 0 saturated heterocycles. The van der Waals surface area contributed by atoms with Gasteiger partial charge in [-0.25, -0.2) is 0 Å². The zero-order valence-electron chi connectivity index (χ0n) is 12.8. The molecule has 0 bridgehead atoms. The van der Waals surface area contributed by atoms with Crippen molar-refractivity contribution in [2.45, 2.75) is 5.71 Å². The molecule has 0 heterocycles. The summed E-state index contributed by atoms with van der Waals surface area (Å²) in [5.41, 5.74) is -1.23. The van der Waals surface area contributed by atoms with Crippen LogP contribution in [0.1, 0.15) is 0 Å². The van der Waals surface area contributed by atoms with E-state index in [1.54, 1.807) is 0 Å². The third-order valence-corrected chi connectivity index (χ3v) is 5.62. The first-order valence-corrected chi connectivity index (χ1v) is 11.5. The predicted octanol–water partition coefficient (Wildman–Crippen LogP) is 5.86. The molecule has 0 fully saturated rings. The molecule has 0 spiro atoms. The Kier molecular flexibility index (Phi) is 5.94. The number of halogens is 1. The fourth-order valence-electron chi connectivity index (χ4n) is 2.05. The van der Waals surface area contributed by atoms with Gasteiger partial charge in [0.15, 0.2) is 0 Å². The largest absolute Gasteiger partial charge is 0.440 e. The van der Waals surface area contributed by atoms with Crippen molar-refractivity contribution in [1.29, 1.82) is 0 Å². The first kappa shape index (κ1) is 17.1. The van der Waals surface area contributed by atoms with Crippen molar-refractivity contribution in [3.63, 3.8) is 0 Å². The highest BCUT2D eigenvalue weighted by Crippen LogP contribution is 2.43. The van der Waals surface area contributed by atoms with E-state index < -0.39 is 5.71 Å². The number of para-hydroxylation sites is 3. The van der Waals surface area contributed by atoms with Crippen LogP contribution in [0.25, 0.3) is 0 Å². The molecule has 0 aliphatic heterocycles. The maximum Gasteiger partial charge on any atom is 0.440 e. The van der Waals surface area contributed by atoms with Gasteiger partial charge in [0, 0.05) is 0 Å². The van der Waals surface area contributed by atoms with E-state index in [0.717, 1.165) is 0 Å². The zero-order valence-corrected chi connectivity index (χ0v) is 15.9.